The van der Waals surface area contributed by atoms with E-state index in [4.69, 9.17) is 5.11 Å². The van der Waals surface area contributed by atoms with E-state index in [0.29, 0.717) is 11.3 Å². The first-order valence-electron chi connectivity index (χ1n) is 7.71. The van der Waals surface area contributed by atoms with Gasteiger partial charge in [-0.2, -0.15) is 0 Å². The van der Waals surface area contributed by atoms with E-state index in [1.54, 1.807) is 12.1 Å². The van der Waals surface area contributed by atoms with Crippen LogP contribution in [0.25, 0.3) is 0 Å². The second-order valence-corrected chi connectivity index (χ2v) is 5.78. The van der Waals surface area contributed by atoms with Gasteiger partial charge in [0.05, 0.1) is 12.1 Å². The number of aldehydes is 1. The summed E-state index contributed by atoms with van der Waals surface area (Å²) >= 11 is 0. The molecule has 0 saturated heterocycles. The van der Waals surface area contributed by atoms with Crippen LogP contribution in [-0.4, -0.2) is 44.9 Å². The van der Waals surface area contributed by atoms with Crippen LogP contribution in [0.15, 0.2) is 30.5 Å². The van der Waals surface area contributed by atoms with Crippen molar-refractivity contribution in [3.63, 3.8) is 0 Å². The summed E-state index contributed by atoms with van der Waals surface area (Å²) < 4.78 is 2.05. The zero-order valence-electron chi connectivity index (χ0n) is 12.8. The first-order chi connectivity index (χ1) is 11.2. The molecule has 2 heterocycles. The van der Waals surface area contributed by atoms with E-state index in [1.807, 2.05) is 22.9 Å². The smallest absolute Gasteiger partial charge is 0.335 e. The fourth-order valence-corrected chi connectivity index (χ4v) is 2.89. The Morgan fingerprint density at radius 2 is 2.04 bits per heavy atom. The van der Waals surface area contributed by atoms with Crippen molar-refractivity contribution in [2.45, 2.75) is 25.9 Å². The van der Waals surface area contributed by atoms with Crippen LogP contribution in [0, 0.1) is 0 Å². The number of hydrogen-bond donors (Lipinski definition) is 1. The van der Waals surface area contributed by atoms with Gasteiger partial charge in [0, 0.05) is 19.3 Å². The molecule has 0 saturated carbocycles. The molecule has 2 aromatic rings. The Hall–Kier alpha value is -2.47. The zero-order valence-corrected chi connectivity index (χ0v) is 12.8. The lowest BCUT2D eigenvalue weighted by Gasteiger charge is -2.27. The highest BCUT2D eigenvalue weighted by atomic mass is 16.4. The number of aromatic carboxylic acids is 1. The fourth-order valence-electron chi connectivity index (χ4n) is 2.89. The van der Waals surface area contributed by atoms with Crippen LogP contribution in [-0.2, 0) is 19.5 Å². The molecule has 3 rings (SSSR count). The van der Waals surface area contributed by atoms with Gasteiger partial charge in [-0.05, 0) is 37.1 Å². The highest BCUT2D eigenvalue weighted by Gasteiger charge is 2.17. The summed E-state index contributed by atoms with van der Waals surface area (Å²) in [5, 5.41) is 8.89. The van der Waals surface area contributed by atoms with Crippen LogP contribution in [0.5, 0.6) is 0 Å². The van der Waals surface area contributed by atoms with Gasteiger partial charge >= 0.3 is 5.97 Å². The second-order valence-electron chi connectivity index (χ2n) is 5.78. The predicted molar refractivity (Wildman–Crippen MR) is 84.6 cm³/mol. The lowest BCUT2D eigenvalue weighted by atomic mass is 10.1. The van der Waals surface area contributed by atoms with Crippen molar-refractivity contribution in [3.05, 3.63) is 53.1 Å². The minimum absolute atomic E-state index is 0.322. The third-order valence-electron chi connectivity index (χ3n) is 4.16. The Balaban J connectivity index is 1.49. The number of carbonyl (C=O) groups excluding carboxylic acids is 1. The van der Waals surface area contributed by atoms with Gasteiger partial charge in [-0.3, -0.25) is 9.69 Å². The van der Waals surface area contributed by atoms with Crippen LogP contribution in [0.4, 0.5) is 0 Å². The highest BCUT2D eigenvalue weighted by Crippen LogP contribution is 2.13. The molecule has 0 bridgehead atoms. The number of rotatable bonds is 6. The third-order valence-corrected chi connectivity index (χ3v) is 4.16. The number of carboxylic acids is 1. The molecule has 1 aliphatic rings. The molecule has 0 fully saturated rings. The maximum atomic E-state index is 10.8. The molecular formula is C17H19N3O3. The van der Waals surface area contributed by atoms with Gasteiger partial charge in [-0.1, -0.05) is 12.1 Å². The molecule has 0 spiro atoms. The minimum Gasteiger partial charge on any atom is -0.478 e. The highest BCUT2D eigenvalue weighted by molar-refractivity contribution is 5.87. The molecular weight excluding hydrogens is 294 g/mol. The molecule has 1 aliphatic heterocycles. The molecule has 0 unspecified atom stereocenters. The molecule has 6 nitrogen and oxygen atoms in total. The number of nitrogens with zero attached hydrogens (tertiary/aromatic N) is 3. The molecule has 23 heavy (non-hydrogen) atoms. The predicted octanol–water partition coefficient (Wildman–Crippen LogP) is 1.84. The van der Waals surface area contributed by atoms with E-state index in [0.717, 1.165) is 56.7 Å². The summed E-state index contributed by atoms with van der Waals surface area (Å²) in [6, 6.07) is 7.05. The normalized spacial score (nSPS) is 14.4. The van der Waals surface area contributed by atoms with Crippen molar-refractivity contribution in [1.29, 1.82) is 0 Å². The molecule has 1 aromatic carbocycles. The van der Waals surface area contributed by atoms with Gasteiger partial charge in [0.2, 0.25) is 0 Å². The molecule has 0 aliphatic carbocycles. The van der Waals surface area contributed by atoms with Crippen molar-refractivity contribution in [2.75, 3.05) is 13.1 Å². The lowest BCUT2D eigenvalue weighted by Crippen LogP contribution is -2.34. The van der Waals surface area contributed by atoms with Crippen molar-refractivity contribution >= 4 is 12.3 Å². The Bertz CT molecular complexity index is 706. The molecule has 120 valence electrons. The van der Waals surface area contributed by atoms with Gasteiger partial charge in [0.1, 0.15) is 11.5 Å². The molecule has 6 heteroatoms. The Kier molecular flexibility index (Phi) is 4.52. The molecule has 0 radical (unpaired) electrons. The average Bonchev–Trinajstić information content (AvgIpc) is 2.98. The van der Waals surface area contributed by atoms with E-state index in [9.17, 15) is 9.59 Å². The number of carbonyl (C=O) groups is 2. The van der Waals surface area contributed by atoms with Crippen molar-refractivity contribution in [3.8, 4) is 0 Å². The zero-order chi connectivity index (χ0) is 16.2. The number of aromatic nitrogens is 2. The number of carboxylic acid groups (broad SMARTS) is 1. The fraction of sp³-hybridized carbons (Fsp3) is 0.353. The standard InChI is InChI=1S/C17H19N3O3/c21-12-15-10-20-9-8-19(11-16(20)18-15)7-1-2-13-3-5-14(6-4-13)17(22)23/h3-6,10,12H,1-2,7-9,11H2,(H,22,23). The average molecular weight is 313 g/mol. The van der Waals surface area contributed by atoms with Crippen LogP contribution < -0.4 is 0 Å². The summed E-state index contributed by atoms with van der Waals surface area (Å²) in [4.78, 5) is 28.2. The van der Waals surface area contributed by atoms with Crippen molar-refractivity contribution in [2.24, 2.45) is 0 Å². The topological polar surface area (TPSA) is 75.4 Å². The van der Waals surface area contributed by atoms with Crippen LogP contribution in [0.3, 0.4) is 0 Å². The lowest BCUT2D eigenvalue weighted by molar-refractivity contribution is 0.0696. The minimum atomic E-state index is -0.893. The van der Waals surface area contributed by atoms with Gasteiger partial charge < -0.3 is 9.67 Å². The van der Waals surface area contributed by atoms with Gasteiger partial charge in [0.25, 0.3) is 0 Å². The Morgan fingerprint density at radius 3 is 2.74 bits per heavy atom. The summed E-state index contributed by atoms with van der Waals surface area (Å²) in [5.41, 5.74) is 1.97. The third kappa shape index (κ3) is 3.65. The number of hydrogen-bond acceptors (Lipinski definition) is 4. The van der Waals surface area contributed by atoms with E-state index in [2.05, 4.69) is 9.88 Å². The van der Waals surface area contributed by atoms with Crippen molar-refractivity contribution in [1.82, 2.24) is 14.5 Å². The largest absolute Gasteiger partial charge is 0.478 e. The van der Waals surface area contributed by atoms with Crippen LogP contribution >= 0.6 is 0 Å². The molecule has 1 aromatic heterocycles. The summed E-state index contributed by atoms with van der Waals surface area (Å²) in [5.74, 6) is 0.0548. The molecule has 0 atom stereocenters. The quantitative estimate of drug-likeness (QED) is 0.824. The van der Waals surface area contributed by atoms with E-state index < -0.39 is 5.97 Å². The monoisotopic (exact) mass is 313 g/mol. The first-order valence-corrected chi connectivity index (χ1v) is 7.71. The number of fused-ring (bicyclic) bond motifs is 1. The second kappa shape index (κ2) is 6.75. The Morgan fingerprint density at radius 1 is 1.26 bits per heavy atom. The maximum absolute atomic E-state index is 10.8. The number of aryl methyl sites for hydroxylation is 1. The number of benzene rings is 1. The Labute approximate surface area is 134 Å². The van der Waals surface area contributed by atoms with Crippen molar-refractivity contribution < 1.29 is 14.7 Å². The van der Waals surface area contributed by atoms with E-state index >= 15 is 0 Å². The van der Waals surface area contributed by atoms with Crippen LogP contribution in [0.2, 0.25) is 0 Å². The molecule has 1 N–H and O–H groups in total. The van der Waals surface area contributed by atoms with Gasteiger partial charge in [-0.25, -0.2) is 9.78 Å². The maximum Gasteiger partial charge on any atom is 0.335 e. The summed E-state index contributed by atoms with van der Waals surface area (Å²) in [7, 11) is 0. The SMILES string of the molecule is O=Cc1cn2c(n1)CN(CCCc1ccc(C(=O)O)cc1)CC2. The van der Waals surface area contributed by atoms with E-state index in [1.165, 1.54) is 0 Å². The summed E-state index contributed by atoms with van der Waals surface area (Å²) in [6.45, 7) is 3.55. The number of imidazole rings is 1. The van der Waals surface area contributed by atoms with E-state index in [-0.39, 0.29) is 0 Å². The van der Waals surface area contributed by atoms with Gasteiger partial charge in [0.15, 0.2) is 6.29 Å². The summed E-state index contributed by atoms with van der Waals surface area (Å²) in [6.07, 6.45) is 4.53. The van der Waals surface area contributed by atoms with Gasteiger partial charge in [-0.15, -0.1) is 0 Å². The van der Waals surface area contributed by atoms with Crippen LogP contribution in [0.1, 0.15) is 38.7 Å². The molecule has 0 amide bonds. The first kappa shape index (κ1) is 15.4.